The van der Waals surface area contributed by atoms with Crippen LogP contribution in [0, 0.1) is 10.1 Å². The molecular formula is C20H14Cl2N2O3. The van der Waals surface area contributed by atoms with Crippen molar-refractivity contribution in [3.8, 4) is 11.1 Å². The molecule has 7 heteroatoms. The quantitative estimate of drug-likeness (QED) is 0.350. The Morgan fingerprint density at radius 1 is 0.926 bits per heavy atom. The molecule has 27 heavy (non-hydrogen) atoms. The molecule has 0 amide bonds. The van der Waals surface area contributed by atoms with Crippen LogP contribution in [0.1, 0.15) is 22.0 Å². The Kier molecular flexibility index (Phi) is 5.56. The van der Waals surface area contributed by atoms with Crippen LogP contribution in [0.15, 0.2) is 66.7 Å². The SMILES string of the molecule is NC(C(=O)c1ccc(-c2ccccc2)cc1[N+](=O)[O-])c1ccc(Cl)c(Cl)c1. The van der Waals surface area contributed by atoms with Crippen LogP contribution in [0.5, 0.6) is 0 Å². The number of carbonyl (C=O) groups is 1. The standard InChI is InChI=1S/C20H14Cl2N2O3/c21-16-9-7-14(10-17(16)22)19(23)20(25)15-8-6-13(11-18(15)24(26)27)12-4-2-1-3-5-12/h1-11,19H,23H2. The van der Waals surface area contributed by atoms with Gasteiger partial charge in [-0.15, -0.1) is 0 Å². The summed E-state index contributed by atoms with van der Waals surface area (Å²) in [4.78, 5) is 23.8. The first-order valence-corrected chi connectivity index (χ1v) is 8.72. The molecule has 5 nitrogen and oxygen atoms in total. The molecule has 1 unspecified atom stereocenters. The van der Waals surface area contributed by atoms with Crippen LogP contribution >= 0.6 is 23.2 Å². The van der Waals surface area contributed by atoms with E-state index in [0.717, 1.165) is 5.56 Å². The van der Waals surface area contributed by atoms with Gasteiger partial charge in [-0.25, -0.2) is 0 Å². The molecule has 0 aliphatic rings. The van der Waals surface area contributed by atoms with Gasteiger partial charge in [-0.1, -0.05) is 65.7 Å². The van der Waals surface area contributed by atoms with Crippen LogP contribution in [-0.2, 0) is 0 Å². The highest BCUT2D eigenvalue weighted by atomic mass is 35.5. The molecule has 3 rings (SSSR count). The Labute approximate surface area is 165 Å². The van der Waals surface area contributed by atoms with E-state index in [4.69, 9.17) is 28.9 Å². The van der Waals surface area contributed by atoms with Crippen molar-refractivity contribution in [1.82, 2.24) is 0 Å². The summed E-state index contributed by atoms with van der Waals surface area (Å²) in [6.45, 7) is 0. The van der Waals surface area contributed by atoms with E-state index in [0.29, 0.717) is 16.1 Å². The molecule has 0 spiro atoms. The predicted octanol–water partition coefficient (Wildman–Crippen LogP) is 5.45. The Balaban J connectivity index is 2.01. The van der Waals surface area contributed by atoms with E-state index >= 15 is 0 Å². The number of Topliss-reactive ketones (excluding diaryl/α,β-unsaturated/α-hetero) is 1. The molecule has 136 valence electrons. The van der Waals surface area contributed by atoms with Gasteiger partial charge in [0.15, 0.2) is 5.78 Å². The van der Waals surface area contributed by atoms with Crippen molar-refractivity contribution < 1.29 is 9.72 Å². The predicted molar refractivity (Wildman–Crippen MR) is 106 cm³/mol. The number of halogens is 2. The van der Waals surface area contributed by atoms with Gasteiger partial charge < -0.3 is 5.73 Å². The third-order valence-corrected chi connectivity index (χ3v) is 4.89. The maximum absolute atomic E-state index is 12.8. The lowest BCUT2D eigenvalue weighted by atomic mass is 9.95. The summed E-state index contributed by atoms with van der Waals surface area (Å²) in [6, 6.07) is 17.1. The molecule has 0 radical (unpaired) electrons. The summed E-state index contributed by atoms with van der Waals surface area (Å²) in [5.74, 6) is -0.570. The Morgan fingerprint density at radius 2 is 1.63 bits per heavy atom. The monoisotopic (exact) mass is 400 g/mol. The number of benzene rings is 3. The fraction of sp³-hybridized carbons (Fsp3) is 0.0500. The van der Waals surface area contributed by atoms with Gasteiger partial charge >= 0.3 is 0 Å². The maximum atomic E-state index is 12.8. The van der Waals surface area contributed by atoms with Gasteiger partial charge in [0, 0.05) is 6.07 Å². The van der Waals surface area contributed by atoms with Gasteiger partial charge in [0.25, 0.3) is 5.69 Å². The van der Waals surface area contributed by atoms with E-state index in [1.165, 1.54) is 24.3 Å². The molecular weight excluding hydrogens is 387 g/mol. The van der Waals surface area contributed by atoms with Gasteiger partial charge in [-0.3, -0.25) is 14.9 Å². The van der Waals surface area contributed by atoms with Crippen LogP contribution in [0.3, 0.4) is 0 Å². The van der Waals surface area contributed by atoms with Crippen molar-refractivity contribution in [2.75, 3.05) is 0 Å². The smallest absolute Gasteiger partial charge is 0.280 e. The number of hydrogen-bond donors (Lipinski definition) is 1. The number of ketones is 1. The van der Waals surface area contributed by atoms with Crippen LogP contribution in [0.25, 0.3) is 11.1 Å². The number of nitro groups is 1. The molecule has 0 aliphatic heterocycles. The highest BCUT2D eigenvalue weighted by molar-refractivity contribution is 6.42. The fourth-order valence-corrected chi connectivity index (χ4v) is 3.03. The minimum atomic E-state index is -1.10. The largest absolute Gasteiger partial charge is 0.318 e. The molecule has 0 aliphatic carbocycles. The van der Waals surface area contributed by atoms with E-state index in [1.807, 2.05) is 30.3 Å². The Morgan fingerprint density at radius 3 is 2.26 bits per heavy atom. The lowest BCUT2D eigenvalue weighted by Crippen LogP contribution is -2.22. The number of rotatable bonds is 5. The average molecular weight is 401 g/mol. The zero-order valence-corrected chi connectivity index (χ0v) is 15.4. The summed E-state index contributed by atoms with van der Waals surface area (Å²) in [7, 11) is 0. The van der Waals surface area contributed by atoms with Gasteiger partial charge in [0.1, 0.15) is 0 Å². The van der Waals surface area contributed by atoms with Gasteiger partial charge in [0.05, 0.1) is 26.6 Å². The van der Waals surface area contributed by atoms with Crippen molar-refractivity contribution in [2.45, 2.75) is 6.04 Å². The Hall–Kier alpha value is -2.73. The molecule has 0 aromatic heterocycles. The van der Waals surface area contributed by atoms with Crippen molar-refractivity contribution in [3.63, 3.8) is 0 Å². The van der Waals surface area contributed by atoms with Crippen LogP contribution < -0.4 is 5.73 Å². The lowest BCUT2D eigenvalue weighted by Gasteiger charge is -2.13. The normalized spacial score (nSPS) is 11.8. The number of carbonyl (C=O) groups excluding carboxylic acids is 1. The first-order valence-electron chi connectivity index (χ1n) is 7.97. The fourth-order valence-electron chi connectivity index (χ4n) is 2.73. The molecule has 0 heterocycles. The third-order valence-electron chi connectivity index (χ3n) is 4.15. The summed E-state index contributed by atoms with van der Waals surface area (Å²) in [5, 5.41) is 12.1. The van der Waals surface area contributed by atoms with E-state index < -0.39 is 16.7 Å². The van der Waals surface area contributed by atoms with Crippen molar-refractivity contribution in [1.29, 1.82) is 0 Å². The topological polar surface area (TPSA) is 86.2 Å². The van der Waals surface area contributed by atoms with Crippen molar-refractivity contribution >= 4 is 34.7 Å². The van der Waals surface area contributed by atoms with E-state index in [1.54, 1.807) is 12.1 Å². The Bertz CT molecular complexity index is 1020. The second-order valence-electron chi connectivity index (χ2n) is 5.87. The summed E-state index contributed by atoms with van der Waals surface area (Å²) >= 11 is 11.8. The molecule has 0 saturated heterocycles. The van der Waals surface area contributed by atoms with Crippen LogP contribution in [-0.4, -0.2) is 10.7 Å². The molecule has 2 N–H and O–H groups in total. The maximum Gasteiger partial charge on any atom is 0.280 e. The lowest BCUT2D eigenvalue weighted by molar-refractivity contribution is -0.385. The van der Waals surface area contributed by atoms with E-state index in [2.05, 4.69) is 0 Å². The van der Waals surface area contributed by atoms with Crippen LogP contribution in [0.2, 0.25) is 10.0 Å². The summed E-state index contributed by atoms with van der Waals surface area (Å²) in [5.41, 5.74) is 7.56. The molecule has 3 aromatic rings. The van der Waals surface area contributed by atoms with Crippen LogP contribution in [0.4, 0.5) is 5.69 Å². The van der Waals surface area contributed by atoms with Crippen molar-refractivity contribution in [3.05, 3.63) is 98.0 Å². The molecule has 3 aromatic carbocycles. The molecule has 1 atom stereocenters. The van der Waals surface area contributed by atoms with E-state index in [9.17, 15) is 14.9 Å². The van der Waals surface area contributed by atoms with E-state index in [-0.39, 0.29) is 16.3 Å². The highest BCUT2D eigenvalue weighted by Gasteiger charge is 2.26. The van der Waals surface area contributed by atoms with Gasteiger partial charge in [0.2, 0.25) is 0 Å². The zero-order chi connectivity index (χ0) is 19.6. The first-order chi connectivity index (χ1) is 12.9. The number of nitro benzene ring substituents is 1. The van der Waals surface area contributed by atoms with Gasteiger partial charge in [-0.2, -0.15) is 0 Å². The number of nitrogens with two attached hydrogens (primary N) is 1. The summed E-state index contributed by atoms with van der Waals surface area (Å²) < 4.78 is 0. The zero-order valence-electron chi connectivity index (χ0n) is 13.9. The highest BCUT2D eigenvalue weighted by Crippen LogP contribution is 2.31. The third kappa shape index (κ3) is 4.01. The molecule has 0 bridgehead atoms. The molecule has 0 fully saturated rings. The number of nitrogens with zero attached hydrogens (tertiary/aromatic N) is 1. The average Bonchev–Trinajstić information content (AvgIpc) is 2.69. The van der Waals surface area contributed by atoms with Gasteiger partial charge in [-0.05, 0) is 34.9 Å². The minimum absolute atomic E-state index is 0.0572. The second kappa shape index (κ2) is 7.88. The van der Waals surface area contributed by atoms with Crippen molar-refractivity contribution in [2.24, 2.45) is 5.73 Å². The number of hydrogen-bond acceptors (Lipinski definition) is 4. The first kappa shape index (κ1) is 19.0. The minimum Gasteiger partial charge on any atom is -0.318 e. The summed E-state index contributed by atoms with van der Waals surface area (Å²) in [6.07, 6.45) is 0. The molecule has 0 saturated carbocycles. The second-order valence-corrected chi connectivity index (χ2v) is 6.68.